The molecule has 0 spiro atoms. The summed E-state index contributed by atoms with van der Waals surface area (Å²) in [6, 6.07) is -4.31. The first-order valence-corrected chi connectivity index (χ1v) is 44.8. The number of hydrogen-bond donors (Lipinski definition) is 12. The van der Waals surface area contributed by atoms with Crippen LogP contribution in [0, 0.1) is 32.6 Å². The van der Waals surface area contributed by atoms with E-state index in [0.29, 0.717) is 93.0 Å². The molecule has 8 atom stereocenters. The number of halogens is 3. The molecule has 50 nitrogen and oxygen atoms in total. The van der Waals surface area contributed by atoms with E-state index in [1.807, 2.05) is 34.6 Å². The molecule has 0 saturated carbocycles. The Balaban J connectivity index is -0.000000488. The number of aryl methyl sites for hydroxylation is 3. The van der Waals surface area contributed by atoms with Crippen molar-refractivity contribution in [2.75, 3.05) is 30.3 Å². The SMILES string of the molecule is CC(=O)C(=O)Cl.CC(C)CN.CC[C@@H](C(=O)O)n1ccnc(NCc2nonc2C)c1=O.CC[C@@H](C(C)=O)n1cc[nH]c(=O)c1=O.CC[C@@H](C(C)=O)n1ccnc(Br)c1=O.CC[C@@H](C(C)=O)n1ccnc(NCc2nonc2C)c1=O.CC[C@H](N)C(C)=O.CC[C@H](NC(=O)C(=O)NCC(C)C)C(C)=O.CC[C@H](NC(=O)C(=O)NCC=O)C(C)=O.CC[C@H](NC(=O)C(C)=O)C(C)=O.Cc1nonc1CN.Cl. The standard InChI is InChI=1S/C13H17N5O3.C12H15N5O4.C11H20N2O3.C9H11BrN2O2.C9H14N2O4.C9H12N2O3.C8H13NO3.C5H11NO.C4H7N3O.C4H11N.C3H3ClO2.ClH/c1-4-11(9(3)19)18-6-5-14-12(13(18)20)15-7-10-8(2)16-21-17-10;1-3-9(12(19)20)17-5-4-13-10(11(17)18)14-6-8-7(2)15-21-16-8;1-5-9(8(4)14)13-11(16)10(15)12-6-7(2)3;1-3-7(6(2)13)12-5-4-11-8(10)9(12)14;1-3-7(6(2)13)11-9(15)8(14)10-4-5-12;1-3-7(6(2)12)11-5-4-10-8(13)9(11)14;1-4-7(5(2)10)9-8(12)6(3)11;1-3-5(6)4(2)7;1-3-4(2-5)7-8-6-3;1-4(2)3-5;1-2(5)3(4)6;/h5-6,11H,4,7H2,1-3H3,(H,14,15);4-5,9H,3,6H2,1-2H3,(H,13,14)(H,19,20);7,9H,5-6H2,1-4H3,(H,12,15)(H,13,16);4-5,7H,3H2,1-2H3;5,7H,3-4H2,1-2H3,(H,10,14)(H,11,15);4-5,7H,3H2,1-2H3,(H,10,13);7H,4H2,1-3H3,(H,9,12);5H,3,6H2,1-2H3;2,5H2,1H3;4H,3,5H2,1-2H3;1H3;1H/t11-;2*9-;4*7-;5-;;;;/m00000000..../s1. The first-order chi connectivity index (χ1) is 65.1. The van der Waals surface area contributed by atoms with Crippen LogP contribution in [0.4, 0.5) is 11.6 Å². The average Bonchev–Trinajstić information content (AvgIpc) is 1.08. The number of nitrogens with zero attached hydrogens (tertiary/aromatic N) is 13. The summed E-state index contributed by atoms with van der Waals surface area (Å²) in [4.78, 5) is 256. The van der Waals surface area contributed by atoms with Crippen molar-refractivity contribution in [1.82, 2.24) is 95.7 Å². The summed E-state index contributed by atoms with van der Waals surface area (Å²) in [5, 5.41) is 47.2. The Hall–Kier alpha value is -13.5. The van der Waals surface area contributed by atoms with Gasteiger partial charge in [-0.2, -0.15) is 0 Å². The minimum atomic E-state index is -1.06. The number of nitrogens with one attached hydrogen (secondary N) is 8. The summed E-state index contributed by atoms with van der Waals surface area (Å²) in [7, 11) is 0. The maximum Gasteiger partial charge on any atom is 0.326 e. The molecule has 7 aromatic heterocycles. The van der Waals surface area contributed by atoms with Crippen LogP contribution in [0.5, 0.6) is 0 Å². The number of ketones is 9. The van der Waals surface area contributed by atoms with Gasteiger partial charge in [-0.05, 0) is 167 Å². The minimum Gasteiger partial charge on any atom is -0.480 e. The summed E-state index contributed by atoms with van der Waals surface area (Å²) in [5.74, 6) is -5.66. The van der Waals surface area contributed by atoms with Crippen molar-refractivity contribution in [2.45, 2.75) is 286 Å². The largest absolute Gasteiger partial charge is 0.480 e. The van der Waals surface area contributed by atoms with E-state index in [2.05, 4.69) is 143 Å². The van der Waals surface area contributed by atoms with E-state index in [4.69, 9.17) is 22.3 Å². The summed E-state index contributed by atoms with van der Waals surface area (Å²) >= 11 is 7.66. The number of rotatable bonds is 37. The number of aromatic nitrogens is 14. The van der Waals surface area contributed by atoms with Crippen LogP contribution in [-0.2, 0) is 101 Å². The molecule has 7 aromatic rings. The number of carbonyl (C=O) groups excluding carboxylic acids is 16. The van der Waals surface area contributed by atoms with Crippen LogP contribution in [-0.4, -0.2) is 217 Å². The van der Waals surface area contributed by atoms with E-state index < -0.39 is 105 Å². The number of amides is 5. The van der Waals surface area contributed by atoms with Crippen LogP contribution in [0.1, 0.15) is 255 Å². The van der Waals surface area contributed by atoms with Gasteiger partial charge in [0.15, 0.2) is 50.9 Å². The lowest BCUT2D eigenvalue weighted by molar-refractivity contribution is -0.141. The van der Waals surface area contributed by atoms with Gasteiger partial charge in [-0.1, -0.05) is 114 Å². The lowest BCUT2D eigenvalue weighted by atomic mass is 10.1. The first kappa shape index (κ1) is 135. The van der Waals surface area contributed by atoms with Crippen LogP contribution in [0.3, 0.4) is 0 Å². The predicted octanol–water partition coefficient (Wildman–Crippen LogP) is 3.89. The molecular formula is C87H135BrCl2N24O26. The van der Waals surface area contributed by atoms with Gasteiger partial charge in [0.2, 0.25) is 11.6 Å². The second-order valence-electron chi connectivity index (χ2n) is 30.3. The number of nitrogens with two attached hydrogens (primary N) is 3. The molecule has 780 valence electrons. The molecule has 7 rings (SSSR count). The van der Waals surface area contributed by atoms with Crippen molar-refractivity contribution >= 4 is 151 Å². The normalized spacial score (nSPS) is 11.7. The third kappa shape index (κ3) is 54.0. The van der Waals surface area contributed by atoms with E-state index in [1.165, 1.54) is 119 Å². The Bertz CT molecular complexity index is 5300. The zero-order chi connectivity index (χ0) is 108. The Morgan fingerprint density at radius 3 is 1.05 bits per heavy atom. The molecular weight excluding hydrogens is 1950 g/mol. The predicted molar refractivity (Wildman–Crippen MR) is 519 cm³/mol. The van der Waals surface area contributed by atoms with Crippen molar-refractivity contribution in [3.8, 4) is 0 Å². The molecule has 5 amide bonds. The number of aldehydes is 1. The smallest absolute Gasteiger partial charge is 0.326 e. The van der Waals surface area contributed by atoms with Crippen LogP contribution in [0.2, 0.25) is 0 Å². The fourth-order valence-electron chi connectivity index (χ4n) is 10.1. The number of anilines is 2. The third-order valence-electron chi connectivity index (χ3n) is 18.4. The van der Waals surface area contributed by atoms with Gasteiger partial charge in [-0.15, -0.1) is 12.4 Å². The average molecular weight is 2080 g/mol. The highest BCUT2D eigenvalue weighted by Crippen LogP contribution is 2.15. The van der Waals surface area contributed by atoms with E-state index >= 15 is 0 Å². The Morgan fingerprint density at radius 1 is 0.450 bits per heavy atom. The number of Topliss-reactive ketones (excluding diaryl/α,β-unsaturated/α-hetero) is 9. The Morgan fingerprint density at radius 2 is 0.786 bits per heavy atom. The maximum atomic E-state index is 12.3. The van der Waals surface area contributed by atoms with Crippen LogP contribution in [0.25, 0.3) is 0 Å². The molecule has 15 N–H and O–H groups in total. The third-order valence-corrected chi connectivity index (χ3v) is 19.2. The Labute approximate surface area is 827 Å². The van der Waals surface area contributed by atoms with Crippen LogP contribution < -0.4 is 82.2 Å². The molecule has 0 aliphatic rings. The van der Waals surface area contributed by atoms with Gasteiger partial charge in [0.05, 0.1) is 61.9 Å². The monoisotopic (exact) mass is 2080 g/mol. The van der Waals surface area contributed by atoms with Crippen molar-refractivity contribution in [3.63, 3.8) is 0 Å². The highest BCUT2D eigenvalue weighted by molar-refractivity contribution is 9.10. The molecule has 0 aliphatic carbocycles. The van der Waals surface area contributed by atoms with Gasteiger partial charge >= 0.3 is 40.7 Å². The van der Waals surface area contributed by atoms with Crippen molar-refractivity contribution in [2.24, 2.45) is 29.0 Å². The van der Waals surface area contributed by atoms with Gasteiger partial charge in [0.1, 0.15) is 52.3 Å². The van der Waals surface area contributed by atoms with Crippen LogP contribution >= 0.6 is 39.9 Å². The van der Waals surface area contributed by atoms with Crippen molar-refractivity contribution in [1.29, 1.82) is 0 Å². The number of carboxylic acids is 1. The van der Waals surface area contributed by atoms with Crippen molar-refractivity contribution < 1.29 is 101 Å². The van der Waals surface area contributed by atoms with E-state index in [0.717, 1.165) is 35.8 Å². The highest BCUT2D eigenvalue weighted by Gasteiger charge is 2.26. The van der Waals surface area contributed by atoms with Gasteiger partial charge in [-0.25, -0.2) is 33.6 Å². The fourth-order valence-corrected chi connectivity index (χ4v) is 10.4. The molecule has 0 bridgehead atoms. The van der Waals surface area contributed by atoms with Gasteiger partial charge < -0.3 is 78.4 Å². The van der Waals surface area contributed by atoms with E-state index in [-0.39, 0.29) is 118 Å². The number of hydrogen-bond acceptors (Lipinski definition) is 39. The number of carboxylic acid groups (broad SMARTS) is 1. The molecule has 0 fully saturated rings. The van der Waals surface area contributed by atoms with E-state index in [9.17, 15) is 105 Å². The topological polar surface area (TPSA) is 749 Å². The highest BCUT2D eigenvalue weighted by atomic mass is 79.9. The molecule has 0 saturated heterocycles. The second kappa shape index (κ2) is 74.6. The number of H-pyrrole nitrogens is 1. The zero-order valence-corrected chi connectivity index (χ0v) is 86.4. The molecule has 7 heterocycles. The second-order valence-corrected chi connectivity index (χ2v) is 31.4. The fraction of sp³-hybridized carbons (Fsp3) is 0.552. The summed E-state index contributed by atoms with van der Waals surface area (Å²) < 4.78 is 18.8. The first-order valence-electron chi connectivity index (χ1n) is 43.6. The van der Waals surface area contributed by atoms with Crippen LogP contribution in [0.15, 0.2) is 92.0 Å². The Kier molecular flexibility index (Phi) is 71.9. The zero-order valence-electron chi connectivity index (χ0n) is 83.2. The van der Waals surface area contributed by atoms with Crippen molar-refractivity contribution in [3.05, 3.63) is 140 Å². The minimum absolute atomic E-state index is 0. The maximum absolute atomic E-state index is 12.3. The summed E-state index contributed by atoms with van der Waals surface area (Å²) in [6.45, 7) is 41.9. The quantitative estimate of drug-likeness (QED) is 0.0149. The number of aliphatic carboxylic acids is 1. The lowest BCUT2D eigenvalue weighted by Crippen LogP contribution is -2.47. The molecule has 0 aliphatic heterocycles. The molecule has 0 radical (unpaired) electrons. The molecule has 0 unspecified atom stereocenters. The molecule has 0 aromatic carbocycles. The lowest BCUT2D eigenvalue weighted by Gasteiger charge is -2.15. The molecule has 53 heteroatoms. The number of carbonyl (C=O) groups is 17. The van der Waals surface area contributed by atoms with E-state index in [1.54, 1.807) is 55.4 Å². The van der Waals surface area contributed by atoms with Gasteiger partial charge in [0.25, 0.3) is 27.8 Å². The van der Waals surface area contributed by atoms with Gasteiger partial charge in [-0.3, -0.25) is 105 Å². The summed E-state index contributed by atoms with van der Waals surface area (Å²) in [5.41, 5.74) is 17.1. The molecule has 140 heavy (non-hydrogen) atoms. The summed E-state index contributed by atoms with van der Waals surface area (Å²) in [6.07, 6.45) is 16.1. The number of aromatic amines is 1. The van der Waals surface area contributed by atoms with Gasteiger partial charge in [0, 0.05) is 76.5 Å².